The largest absolute Gasteiger partial charge is 0.369 e. The molecule has 1 saturated heterocycles. The Hall–Kier alpha value is -3.04. The van der Waals surface area contributed by atoms with Crippen LogP contribution >= 0.6 is 11.3 Å². The van der Waals surface area contributed by atoms with E-state index >= 15 is 0 Å². The number of carbonyl (C=O) groups excluding carboxylic acids is 2. The number of piperidine rings is 1. The quantitative estimate of drug-likeness (QED) is 0.564. The Bertz CT molecular complexity index is 1220. The van der Waals surface area contributed by atoms with E-state index in [1.54, 1.807) is 12.1 Å². The summed E-state index contributed by atoms with van der Waals surface area (Å²) in [4.78, 5) is 47.8. The Morgan fingerprint density at radius 2 is 2.16 bits per heavy atom. The molecule has 1 atom stereocenters. The lowest BCUT2D eigenvalue weighted by Crippen LogP contribution is -2.44. The molecule has 3 heterocycles. The van der Waals surface area contributed by atoms with E-state index in [4.69, 9.17) is 5.73 Å². The molecule has 4 N–H and O–H groups in total. The van der Waals surface area contributed by atoms with E-state index in [0.29, 0.717) is 33.8 Å². The average molecular weight is 440 g/mol. The van der Waals surface area contributed by atoms with Gasteiger partial charge in [0, 0.05) is 22.7 Å². The van der Waals surface area contributed by atoms with Crippen molar-refractivity contribution in [1.82, 2.24) is 14.9 Å². The van der Waals surface area contributed by atoms with Crippen molar-refractivity contribution in [3.8, 4) is 11.4 Å². The number of H-pyrrole nitrogens is 1. The second kappa shape index (κ2) is 8.60. The van der Waals surface area contributed by atoms with Crippen LogP contribution in [0.1, 0.15) is 23.3 Å². The number of rotatable bonds is 5. The zero-order chi connectivity index (χ0) is 22.1. The van der Waals surface area contributed by atoms with Gasteiger partial charge in [-0.3, -0.25) is 19.3 Å². The highest BCUT2D eigenvalue weighted by Gasteiger charge is 2.25. The number of carbonyl (C=O) groups is 2. The number of fused-ring (bicyclic) bond motifs is 1. The van der Waals surface area contributed by atoms with Crippen LogP contribution in [0.4, 0.5) is 5.69 Å². The smallest absolute Gasteiger partial charge is 0.260 e. The SMILES string of the molecule is Cc1sc2nc(-c3cccc(NC(=O)CN4CCC[C@@H](C(N)=O)C4)c3)[nH]c(=O)c2c1C. The van der Waals surface area contributed by atoms with E-state index in [1.165, 1.54) is 11.3 Å². The molecule has 31 heavy (non-hydrogen) atoms. The first-order chi connectivity index (χ1) is 14.8. The van der Waals surface area contributed by atoms with Gasteiger partial charge in [-0.15, -0.1) is 11.3 Å². The summed E-state index contributed by atoms with van der Waals surface area (Å²) in [6.45, 7) is 5.37. The van der Waals surface area contributed by atoms with Gasteiger partial charge in [-0.1, -0.05) is 12.1 Å². The van der Waals surface area contributed by atoms with Crippen molar-refractivity contribution in [2.24, 2.45) is 11.7 Å². The number of anilines is 1. The maximum absolute atomic E-state index is 12.6. The molecule has 9 heteroatoms. The van der Waals surface area contributed by atoms with Crippen LogP contribution in [-0.4, -0.2) is 46.3 Å². The van der Waals surface area contributed by atoms with Crippen LogP contribution in [0, 0.1) is 19.8 Å². The first-order valence-electron chi connectivity index (χ1n) is 10.2. The van der Waals surface area contributed by atoms with Gasteiger partial charge in [0.1, 0.15) is 10.7 Å². The summed E-state index contributed by atoms with van der Waals surface area (Å²) in [5.74, 6) is -0.210. The molecule has 8 nitrogen and oxygen atoms in total. The minimum atomic E-state index is -0.313. The molecular weight excluding hydrogens is 414 g/mol. The molecular formula is C22H25N5O3S. The van der Waals surface area contributed by atoms with Gasteiger partial charge < -0.3 is 16.0 Å². The topological polar surface area (TPSA) is 121 Å². The van der Waals surface area contributed by atoms with E-state index in [0.717, 1.165) is 29.8 Å². The molecule has 1 aliphatic rings. The highest BCUT2D eigenvalue weighted by atomic mass is 32.1. The summed E-state index contributed by atoms with van der Waals surface area (Å²) in [6.07, 6.45) is 1.62. The second-order valence-electron chi connectivity index (χ2n) is 7.98. The number of amides is 2. The molecule has 2 amide bonds. The third-order valence-corrected chi connectivity index (χ3v) is 6.84. The zero-order valence-electron chi connectivity index (χ0n) is 17.5. The normalized spacial score (nSPS) is 17.0. The first kappa shape index (κ1) is 21.2. The number of nitrogens with two attached hydrogens (primary N) is 1. The number of likely N-dealkylation sites (tertiary alicyclic amines) is 1. The Labute approximate surface area is 183 Å². The van der Waals surface area contributed by atoms with Gasteiger partial charge in [0.25, 0.3) is 5.56 Å². The van der Waals surface area contributed by atoms with Gasteiger partial charge in [-0.2, -0.15) is 0 Å². The van der Waals surface area contributed by atoms with Crippen molar-refractivity contribution in [2.75, 3.05) is 25.0 Å². The number of thiophene rings is 1. The highest BCUT2D eigenvalue weighted by molar-refractivity contribution is 7.18. The molecule has 0 unspecified atom stereocenters. The number of benzene rings is 1. The van der Waals surface area contributed by atoms with Crippen molar-refractivity contribution in [1.29, 1.82) is 0 Å². The van der Waals surface area contributed by atoms with E-state index in [9.17, 15) is 14.4 Å². The maximum atomic E-state index is 12.6. The molecule has 1 aliphatic heterocycles. The number of nitrogens with zero attached hydrogens (tertiary/aromatic N) is 2. The highest BCUT2D eigenvalue weighted by Crippen LogP contribution is 2.28. The summed E-state index contributed by atoms with van der Waals surface area (Å²) in [5.41, 5.74) is 7.54. The Morgan fingerprint density at radius 3 is 2.94 bits per heavy atom. The fourth-order valence-electron chi connectivity index (χ4n) is 3.97. The fourth-order valence-corrected chi connectivity index (χ4v) is 5.00. The van der Waals surface area contributed by atoms with Crippen LogP contribution in [0.3, 0.4) is 0 Å². The van der Waals surface area contributed by atoms with E-state index < -0.39 is 0 Å². The Morgan fingerprint density at radius 1 is 1.35 bits per heavy atom. The molecule has 0 saturated carbocycles. The van der Waals surface area contributed by atoms with Crippen molar-refractivity contribution in [3.05, 3.63) is 45.1 Å². The number of aromatic nitrogens is 2. The molecule has 162 valence electrons. The predicted molar refractivity (Wildman–Crippen MR) is 122 cm³/mol. The van der Waals surface area contributed by atoms with Crippen LogP contribution in [-0.2, 0) is 9.59 Å². The van der Waals surface area contributed by atoms with Crippen molar-refractivity contribution < 1.29 is 9.59 Å². The summed E-state index contributed by atoms with van der Waals surface area (Å²) < 4.78 is 0. The van der Waals surface area contributed by atoms with Gasteiger partial charge in [0.05, 0.1) is 17.8 Å². The number of hydrogen-bond acceptors (Lipinski definition) is 6. The second-order valence-corrected chi connectivity index (χ2v) is 9.19. The van der Waals surface area contributed by atoms with Crippen LogP contribution in [0.25, 0.3) is 21.6 Å². The van der Waals surface area contributed by atoms with Gasteiger partial charge in [-0.05, 0) is 50.9 Å². The fraction of sp³-hybridized carbons (Fsp3) is 0.364. The van der Waals surface area contributed by atoms with Gasteiger partial charge in [-0.25, -0.2) is 4.98 Å². The van der Waals surface area contributed by atoms with Crippen LogP contribution in [0.2, 0.25) is 0 Å². The summed E-state index contributed by atoms with van der Waals surface area (Å²) >= 11 is 1.50. The molecule has 0 radical (unpaired) electrons. The monoisotopic (exact) mass is 439 g/mol. The number of nitrogens with one attached hydrogen (secondary N) is 2. The van der Waals surface area contributed by atoms with E-state index in [-0.39, 0.29) is 29.8 Å². The van der Waals surface area contributed by atoms with Gasteiger partial charge in [0.2, 0.25) is 11.8 Å². The van der Waals surface area contributed by atoms with Crippen molar-refractivity contribution >= 4 is 39.1 Å². The van der Waals surface area contributed by atoms with Gasteiger partial charge in [0.15, 0.2) is 0 Å². The maximum Gasteiger partial charge on any atom is 0.260 e. The lowest BCUT2D eigenvalue weighted by molar-refractivity contribution is -0.125. The first-order valence-corrected chi connectivity index (χ1v) is 11.1. The van der Waals surface area contributed by atoms with Gasteiger partial charge >= 0.3 is 0 Å². The average Bonchev–Trinajstić information content (AvgIpc) is 3.02. The third kappa shape index (κ3) is 4.52. The molecule has 3 aromatic rings. The van der Waals surface area contributed by atoms with E-state index in [1.807, 2.05) is 30.9 Å². The Kier molecular flexibility index (Phi) is 5.88. The standard InChI is InChI=1S/C22H25N5O3S/c1-12-13(2)31-22-18(12)21(30)25-20(26-22)14-5-3-7-16(9-14)24-17(28)11-27-8-4-6-15(10-27)19(23)29/h3,5,7,9,15H,4,6,8,10-11H2,1-2H3,(H2,23,29)(H,24,28)(H,25,26,30)/t15-/m1/s1. The molecule has 0 spiro atoms. The zero-order valence-corrected chi connectivity index (χ0v) is 18.3. The molecule has 4 rings (SSSR count). The Balaban J connectivity index is 1.50. The third-order valence-electron chi connectivity index (χ3n) is 5.73. The summed E-state index contributed by atoms with van der Waals surface area (Å²) in [5, 5.41) is 3.53. The van der Waals surface area contributed by atoms with Crippen molar-refractivity contribution in [3.63, 3.8) is 0 Å². The number of primary amides is 1. The van der Waals surface area contributed by atoms with Crippen LogP contribution < -0.4 is 16.6 Å². The van der Waals surface area contributed by atoms with Crippen LogP contribution in [0.15, 0.2) is 29.1 Å². The molecule has 0 aliphatic carbocycles. The number of aryl methyl sites for hydroxylation is 2. The molecule has 1 fully saturated rings. The minimum absolute atomic E-state index is 0.162. The number of hydrogen-bond donors (Lipinski definition) is 3. The van der Waals surface area contributed by atoms with Crippen LogP contribution in [0.5, 0.6) is 0 Å². The minimum Gasteiger partial charge on any atom is -0.369 e. The lowest BCUT2D eigenvalue weighted by atomic mass is 9.97. The van der Waals surface area contributed by atoms with E-state index in [2.05, 4.69) is 15.3 Å². The molecule has 0 bridgehead atoms. The summed E-state index contributed by atoms with van der Waals surface area (Å²) in [6, 6.07) is 7.23. The molecule has 1 aromatic carbocycles. The van der Waals surface area contributed by atoms with Crippen molar-refractivity contribution in [2.45, 2.75) is 26.7 Å². The number of aromatic amines is 1. The molecule has 2 aromatic heterocycles. The summed E-state index contributed by atoms with van der Waals surface area (Å²) in [7, 11) is 0. The lowest BCUT2D eigenvalue weighted by Gasteiger charge is -2.30. The predicted octanol–water partition coefficient (Wildman–Crippen LogP) is 2.40.